The minimum absolute atomic E-state index is 0. The third-order valence-corrected chi connectivity index (χ3v) is 4.94. The van der Waals surface area contributed by atoms with Crippen molar-refractivity contribution >= 4 is 41.3 Å². The van der Waals surface area contributed by atoms with Gasteiger partial charge in [-0.2, -0.15) is 0 Å². The number of hydrogen-bond donors (Lipinski definition) is 2. The van der Waals surface area contributed by atoms with E-state index in [-0.39, 0.29) is 24.0 Å². The van der Waals surface area contributed by atoms with E-state index in [2.05, 4.69) is 46.3 Å². The molecule has 7 heteroatoms. The first-order chi connectivity index (χ1) is 10.6. The van der Waals surface area contributed by atoms with Gasteiger partial charge in [-0.05, 0) is 40.2 Å². The molecule has 23 heavy (non-hydrogen) atoms. The van der Waals surface area contributed by atoms with Crippen LogP contribution in [0.3, 0.4) is 0 Å². The zero-order valence-electron chi connectivity index (χ0n) is 14.7. The number of rotatable bonds is 8. The summed E-state index contributed by atoms with van der Waals surface area (Å²) in [5.74, 6) is 0.903. The highest BCUT2D eigenvalue weighted by Gasteiger charge is 2.27. The van der Waals surface area contributed by atoms with Gasteiger partial charge in [0.1, 0.15) is 0 Å². The maximum atomic E-state index is 4.69. The van der Waals surface area contributed by atoms with Crippen molar-refractivity contribution in [2.45, 2.75) is 53.1 Å². The Bertz CT molecular complexity index is 499. The molecule has 0 amide bonds. The van der Waals surface area contributed by atoms with Crippen LogP contribution in [0.5, 0.6) is 0 Å². The molecule has 5 nitrogen and oxygen atoms in total. The van der Waals surface area contributed by atoms with Gasteiger partial charge in [-0.25, -0.2) is 9.98 Å². The monoisotopic (exact) mass is 451 g/mol. The van der Waals surface area contributed by atoms with Gasteiger partial charge in [0.25, 0.3) is 0 Å². The Morgan fingerprint density at radius 1 is 1.30 bits per heavy atom. The van der Waals surface area contributed by atoms with Crippen LogP contribution in [-0.4, -0.2) is 48.1 Å². The van der Waals surface area contributed by atoms with Crippen molar-refractivity contribution in [3.05, 3.63) is 15.6 Å². The van der Waals surface area contributed by atoms with Crippen LogP contribution in [-0.2, 0) is 6.54 Å². The Morgan fingerprint density at radius 3 is 2.57 bits per heavy atom. The van der Waals surface area contributed by atoms with E-state index in [1.165, 1.54) is 17.7 Å². The van der Waals surface area contributed by atoms with E-state index >= 15 is 0 Å². The van der Waals surface area contributed by atoms with Crippen LogP contribution in [0.4, 0.5) is 0 Å². The highest BCUT2D eigenvalue weighted by atomic mass is 127. The molecule has 0 aromatic carbocycles. The van der Waals surface area contributed by atoms with Gasteiger partial charge in [-0.3, -0.25) is 4.90 Å². The second-order valence-corrected chi connectivity index (χ2v) is 7.01. The molecule has 1 aliphatic rings. The molecule has 0 radical (unpaired) electrons. The van der Waals surface area contributed by atoms with E-state index in [9.17, 15) is 0 Å². The van der Waals surface area contributed by atoms with Crippen molar-refractivity contribution in [1.29, 1.82) is 0 Å². The number of aliphatic imine (C=N–C) groups is 1. The Kier molecular flexibility index (Phi) is 9.38. The summed E-state index contributed by atoms with van der Waals surface area (Å²) in [4.78, 5) is 12.9. The van der Waals surface area contributed by atoms with Crippen LogP contribution in [0.1, 0.15) is 42.3 Å². The lowest BCUT2D eigenvalue weighted by Gasteiger charge is -2.20. The number of thiazole rings is 1. The summed E-state index contributed by atoms with van der Waals surface area (Å²) in [5, 5.41) is 7.88. The van der Waals surface area contributed by atoms with Crippen molar-refractivity contribution in [1.82, 2.24) is 20.5 Å². The zero-order valence-corrected chi connectivity index (χ0v) is 17.8. The molecule has 0 atom stereocenters. The number of nitrogens with one attached hydrogen (secondary N) is 2. The average molecular weight is 451 g/mol. The van der Waals surface area contributed by atoms with E-state index in [0.29, 0.717) is 6.54 Å². The first kappa shape index (κ1) is 20.6. The van der Waals surface area contributed by atoms with E-state index in [4.69, 9.17) is 0 Å². The minimum Gasteiger partial charge on any atom is -0.357 e. The Balaban J connectivity index is 0.00000264. The van der Waals surface area contributed by atoms with Gasteiger partial charge in [0.15, 0.2) is 5.96 Å². The van der Waals surface area contributed by atoms with Crippen LogP contribution in [0.25, 0.3) is 0 Å². The van der Waals surface area contributed by atoms with Crippen molar-refractivity contribution < 1.29 is 0 Å². The van der Waals surface area contributed by atoms with Gasteiger partial charge < -0.3 is 10.6 Å². The molecule has 1 aromatic heterocycles. The molecule has 1 fully saturated rings. The summed E-state index contributed by atoms with van der Waals surface area (Å²) >= 11 is 1.74. The first-order valence-electron chi connectivity index (χ1n) is 8.33. The van der Waals surface area contributed by atoms with Crippen molar-refractivity contribution in [3.63, 3.8) is 0 Å². The normalized spacial score (nSPS) is 14.7. The highest BCUT2D eigenvalue weighted by molar-refractivity contribution is 14.0. The van der Waals surface area contributed by atoms with Crippen molar-refractivity contribution in [3.8, 4) is 0 Å². The van der Waals surface area contributed by atoms with E-state index < -0.39 is 0 Å². The summed E-state index contributed by atoms with van der Waals surface area (Å²) in [7, 11) is 0. The molecule has 1 aromatic rings. The SMILES string of the molecule is CCNC(=NCc1sc(C)nc1C)NCCN(CC)C1CC1.I. The molecule has 2 N–H and O–H groups in total. The molecule has 0 bridgehead atoms. The lowest BCUT2D eigenvalue weighted by Crippen LogP contribution is -2.42. The summed E-state index contributed by atoms with van der Waals surface area (Å²) in [5.41, 5.74) is 1.10. The average Bonchev–Trinajstić information content (AvgIpc) is 3.27. The van der Waals surface area contributed by atoms with Crippen LogP contribution >= 0.6 is 35.3 Å². The molecule has 1 saturated carbocycles. The molecule has 1 heterocycles. The molecule has 0 spiro atoms. The lowest BCUT2D eigenvalue weighted by molar-refractivity contribution is 0.282. The van der Waals surface area contributed by atoms with Crippen LogP contribution in [0.2, 0.25) is 0 Å². The fourth-order valence-electron chi connectivity index (χ4n) is 2.57. The number of aryl methyl sites for hydroxylation is 2. The van der Waals surface area contributed by atoms with E-state index in [1.54, 1.807) is 11.3 Å². The largest absolute Gasteiger partial charge is 0.357 e. The minimum atomic E-state index is 0. The fourth-order valence-corrected chi connectivity index (χ4v) is 3.43. The van der Waals surface area contributed by atoms with Gasteiger partial charge in [-0.1, -0.05) is 6.92 Å². The third kappa shape index (κ3) is 6.93. The number of guanidine groups is 1. The molecule has 1 aliphatic carbocycles. The topological polar surface area (TPSA) is 52.6 Å². The molecule has 0 unspecified atom stereocenters. The zero-order chi connectivity index (χ0) is 15.9. The van der Waals surface area contributed by atoms with E-state index in [1.807, 2.05) is 6.92 Å². The van der Waals surface area contributed by atoms with Gasteiger partial charge in [0, 0.05) is 30.6 Å². The van der Waals surface area contributed by atoms with Crippen LogP contribution in [0, 0.1) is 13.8 Å². The van der Waals surface area contributed by atoms with Gasteiger partial charge in [0.05, 0.1) is 17.2 Å². The molecule has 0 saturated heterocycles. The maximum absolute atomic E-state index is 4.69. The second-order valence-electron chi connectivity index (χ2n) is 5.72. The molecule has 2 rings (SSSR count). The van der Waals surface area contributed by atoms with Gasteiger partial charge >= 0.3 is 0 Å². The lowest BCUT2D eigenvalue weighted by atomic mass is 10.4. The van der Waals surface area contributed by atoms with Crippen molar-refractivity contribution in [2.75, 3.05) is 26.2 Å². The second kappa shape index (κ2) is 10.5. The number of aromatic nitrogens is 1. The number of hydrogen-bond acceptors (Lipinski definition) is 4. The van der Waals surface area contributed by atoms with Crippen LogP contribution in [0.15, 0.2) is 4.99 Å². The maximum Gasteiger partial charge on any atom is 0.191 e. The number of likely N-dealkylation sites (N-methyl/N-ethyl adjacent to an activating group) is 1. The Labute approximate surface area is 161 Å². The van der Waals surface area contributed by atoms with E-state index in [0.717, 1.165) is 48.9 Å². The summed E-state index contributed by atoms with van der Waals surface area (Å²) in [6, 6.07) is 0.828. The standard InChI is InChI=1S/C16H29N5S.HI/c1-5-17-16(18-9-10-21(6-2)14-7-8-14)19-11-15-12(3)20-13(4)22-15;/h14H,5-11H2,1-4H3,(H2,17,18,19);1H. The summed E-state index contributed by atoms with van der Waals surface area (Å²) in [6.07, 6.45) is 2.73. The number of nitrogens with zero attached hydrogens (tertiary/aromatic N) is 3. The smallest absolute Gasteiger partial charge is 0.191 e. The summed E-state index contributed by atoms with van der Waals surface area (Å²) < 4.78 is 0. The molecule has 0 aliphatic heterocycles. The predicted octanol–water partition coefficient (Wildman–Crippen LogP) is 2.92. The molecule has 132 valence electrons. The number of halogens is 1. The summed E-state index contributed by atoms with van der Waals surface area (Å²) in [6.45, 7) is 13.2. The first-order valence-corrected chi connectivity index (χ1v) is 9.14. The molecular weight excluding hydrogens is 421 g/mol. The van der Waals surface area contributed by atoms with Crippen LogP contribution < -0.4 is 10.6 Å². The predicted molar refractivity (Wildman–Crippen MR) is 110 cm³/mol. The van der Waals surface area contributed by atoms with Gasteiger partial charge in [-0.15, -0.1) is 35.3 Å². The quantitative estimate of drug-likeness (QED) is 0.363. The van der Waals surface area contributed by atoms with Crippen molar-refractivity contribution in [2.24, 2.45) is 4.99 Å². The molecular formula is C16H30IN5S. The highest BCUT2D eigenvalue weighted by Crippen LogP contribution is 2.25. The Hall–Kier alpha value is -0.410. The fraction of sp³-hybridized carbons (Fsp3) is 0.750. The third-order valence-electron chi connectivity index (χ3n) is 3.89. The van der Waals surface area contributed by atoms with Gasteiger partial charge in [0.2, 0.25) is 0 Å². The Morgan fingerprint density at radius 2 is 2.04 bits per heavy atom.